The van der Waals surface area contributed by atoms with Crippen molar-refractivity contribution < 1.29 is 4.79 Å². The molecule has 0 bridgehead atoms. The second kappa shape index (κ2) is 3.63. The summed E-state index contributed by atoms with van der Waals surface area (Å²) >= 11 is 9.18. The molecule has 0 radical (unpaired) electrons. The Labute approximate surface area is 93.2 Å². The van der Waals surface area contributed by atoms with Crippen LogP contribution in [0.25, 0.3) is 10.9 Å². The summed E-state index contributed by atoms with van der Waals surface area (Å²) in [6, 6.07) is 5.43. The van der Waals surface area contributed by atoms with Gasteiger partial charge in [-0.25, -0.2) is 9.97 Å². The molecule has 2 aromatic rings. The second-order valence-corrected chi connectivity index (χ2v) is 3.93. The number of nitrogens with zero attached hydrogens (tertiary/aromatic N) is 2. The highest BCUT2D eigenvalue weighted by atomic mass is 79.9. The van der Waals surface area contributed by atoms with Crippen LogP contribution in [0.4, 0.5) is 0 Å². The third-order valence-electron chi connectivity index (χ3n) is 1.74. The van der Waals surface area contributed by atoms with Crippen LogP contribution < -0.4 is 0 Å². The van der Waals surface area contributed by atoms with Gasteiger partial charge >= 0.3 is 0 Å². The lowest BCUT2D eigenvalue weighted by molar-refractivity contribution is 0.111. The molecule has 0 atom stereocenters. The molecule has 1 aromatic carbocycles. The molecule has 1 heterocycles. The number of rotatable bonds is 1. The zero-order chi connectivity index (χ0) is 10.1. The molecule has 1 aromatic heterocycles. The molecule has 0 unspecified atom stereocenters. The summed E-state index contributed by atoms with van der Waals surface area (Å²) in [6.45, 7) is 0. The molecule has 0 saturated heterocycles. The van der Waals surface area contributed by atoms with E-state index in [1.165, 1.54) is 0 Å². The van der Waals surface area contributed by atoms with Gasteiger partial charge in [0.25, 0.3) is 0 Å². The number of hydrogen-bond donors (Lipinski definition) is 0. The zero-order valence-electron chi connectivity index (χ0n) is 6.87. The maximum atomic E-state index is 10.5. The quantitative estimate of drug-likeness (QED) is 0.592. The molecular weight excluding hydrogens is 267 g/mol. The Bertz CT molecular complexity index is 515. The van der Waals surface area contributed by atoms with Crippen molar-refractivity contribution in [3.8, 4) is 0 Å². The van der Waals surface area contributed by atoms with E-state index in [9.17, 15) is 4.79 Å². The molecular formula is C9H4BrClN2O. The molecule has 3 nitrogen and oxygen atoms in total. The van der Waals surface area contributed by atoms with Crippen LogP contribution >= 0.6 is 27.5 Å². The predicted octanol–water partition coefficient (Wildman–Crippen LogP) is 2.86. The summed E-state index contributed by atoms with van der Waals surface area (Å²) in [5.41, 5.74) is 0.654. The second-order valence-electron chi connectivity index (χ2n) is 2.65. The first-order valence-electron chi connectivity index (χ1n) is 3.78. The van der Waals surface area contributed by atoms with Crippen molar-refractivity contribution in [2.24, 2.45) is 0 Å². The molecule has 5 heteroatoms. The van der Waals surface area contributed by atoms with E-state index < -0.39 is 0 Å². The van der Waals surface area contributed by atoms with Crippen molar-refractivity contribution in [2.45, 2.75) is 0 Å². The van der Waals surface area contributed by atoms with Gasteiger partial charge in [0.15, 0.2) is 12.1 Å². The highest BCUT2D eigenvalue weighted by Crippen LogP contribution is 2.23. The fourth-order valence-electron chi connectivity index (χ4n) is 1.13. The Kier molecular flexibility index (Phi) is 2.48. The lowest BCUT2D eigenvalue weighted by Gasteiger charge is -2.00. The van der Waals surface area contributed by atoms with Gasteiger partial charge in [0.1, 0.15) is 5.15 Å². The summed E-state index contributed by atoms with van der Waals surface area (Å²) in [6.07, 6.45) is 0.576. The van der Waals surface area contributed by atoms with Crippen LogP contribution in [-0.4, -0.2) is 16.3 Å². The Hall–Kier alpha value is -1.00. The lowest BCUT2D eigenvalue weighted by atomic mass is 10.2. The number of hydrogen-bond acceptors (Lipinski definition) is 3. The van der Waals surface area contributed by atoms with Gasteiger partial charge < -0.3 is 0 Å². The third kappa shape index (κ3) is 1.63. The first kappa shape index (κ1) is 9.55. The van der Waals surface area contributed by atoms with Gasteiger partial charge in [0.2, 0.25) is 0 Å². The highest BCUT2D eigenvalue weighted by molar-refractivity contribution is 9.10. The average Bonchev–Trinajstić information content (AvgIpc) is 2.16. The van der Waals surface area contributed by atoms with Crippen molar-refractivity contribution in [3.05, 3.63) is 33.6 Å². The van der Waals surface area contributed by atoms with Gasteiger partial charge in [-0.3, -0.25) is 4.79 Å². The number of carbonyl (C=O) groups excluding carboxylic acids is 1. The summed E-state index contributed by atoms with van der Waals surface area (Å²) in [7, 11) is 0. The Morgan fingerprint density at radius 1 is 1.36 bits per heavy atom. The highest BCUT2D eigenvalue weighted by Gasteiger charge is 2.05. The molecule has 0 saturated carbocycles. The third-order valence-corrected chi connectivity index (χ3v) is 2.52. The van der Waals surface area contributed by atoms with Crippen LogP contribution in [0.15, 0.2) is 22.7 Å². The van der Waals surface area contributed by atoms with Gasteiger partial charge in [0.05, 0.1) is 5.52 Å². The Morgan fingerprint density at radius 3 is 2.86 bits per heavy atom. The Balaban J connectivity index is 2.83. The van der Waals surface area contributed by atoms with Gasteiger partial charge in [-0.1, -0.05) is 27.5 Å². The maximum absolute atomic E-state index is 10.5. The Morgan fingerprint density at radius 2 is 2.14 bits per heavy atom. The van der Waals surface area contributed by atoms with Gasteiger partial charge in [0, 0.05) is 9.86 Å². The lowest BCUT2D eigenvalue weighted by Crippen LogP contribution is -1.94. The number of halogens is 2. The van der Waals surface area contributed by atoms with E-state index in [4.69, 9.17) is 11.6 Å². The van der Waals surface area contributed by atoms with Gasteiger partial charge in [-0.15, -0.1) is 0 Å². The van der Waals surface area contributed by atoms with Gasteiger partial charge in [-0.05, 0) is 18.2 Å². The largest absolute Gasteiger partial charge is 0.294 e. The minimum Gasteiger partial charge on any atom is -0.294 e. The first-order chi connectivity index (χ1) is 6.70. The van der Waals surface area contributed by atoms with Crippen LogP contribution in [0.5, 0.6) is 0 Å². The molecule has 70 valence electrons. The van der Waals surface area contributed by atoms with E-state index in [0.29, 0.717) is 17.0 Å². The number of aldehydes is 1. The molecule has 0 amide bonds. The summed E-state index contributed by atoms with van der Waals surface area (Å²) in [4.78, 5) is 18.3. The van der Waals surface area contributed by atoms with Gasteiger partial charge in [-0.2, -0.15) is 0 Å². The van der Waals surface area contributed by atoms with E-state index >= 15 is 0 Å². The van der Waals surface area contributed by atoms with Crippen LogP contribution in [0.3, 0.4) is 0 Å². The molecule has 0 fully saturated rings. The number of fused-ring (bicyclic) bond motifs is 1. The molecule has 0 aliphatic rings. The number of aromatic nitrogens is 2. The van der Waals surface area contributed by atoms with E-state index in [2.05, 4.69) is 25.9 Å². The molecule has 14 heavy (non-hydrogen) atoms. The van der Waals surface area contributed by atoms with Crippen LogP contribution in [0.1, 0.15) is 10.6 Å². The molecule has 0 aliphatic carbocycles. The number of benzene rings is 1. The van der Waals surface area contributed by atoms with E-state index in [1.54, 1.807) is 12.1 Å². The van der Waals surface area contributed by atoms with Crippen LogP contribution in [-0.2, 0) is 0 Å². The normalized spacial score (nSPS) is 10.4. The molecule has 2 rings (SSSR count). The van der Waals surface area contributed by atoms with Crippen molar-refractivity contribution in [2.75, 3.05) is 0 Å². The standard InChI is InChI=1S/C9H4BrClN2O/c10-5-1-2-6-7(3-5)12-8(4-14)13-9(6)11/h1-4H. The van der Waals surface area contributed by atoms with E-state index in [-0.39, 0.29) is 5.82 Å². The maximum Gasteiger partial charge on any atom is 0.194 e. The smallest absolute Gasteiger partial charge is 0.194 e. The average molecular weight is 272 g/mol. The first-order valence-corrected chi connectivity index (χ1v) is 4.96. The fourth-order valence-corrected chi connectivity index (χ4v) is 1.73. The topological polar surface area (TPSA) is 42.9 Å². The number of carbonyl (C=O) groups is 1. The van der Waals surface area contributed by atoms with Crippen molar-refractivity contribution in [1.29, 1.82) is 0 Å². The monoisotopic (exact) mass is 270 g/mol. The van der Waals surface area contributed by atoms with Crippen molar-refractivity contribution >= 4 is 44.7 Å². The van der Waals surface area contributed by atoms with Crippen LogP contribution in [0.2, 0.25) is 5.15 Å². The summed E-state index contributed by atoms with van der Waals surface area (Å²) in [5, 5.41) is 1.03. The zero-order valence-corrected chi connectivity index (χ0v) is 9.21. The summed E-state index contributed by atoms with van der Waals surface area (Å²) < 4.78 is 0.886. The van der Waals surface area contributed by atoms with Crippen molar-refractivity contribution in [3.63, 3.8) is 0 Å². The summed E-state index contributed by atoms with van der Waals surface area (Å²) in [5.74, 6) is 0.0978. The van der Waals surface area contributed by atoms with Crippen LogP contribution in [0, 0.1) is 0 Å². The molecule has 0 N–H and O–H groups in total. The van der Waals surface area contributed by atoms with Crippen molar-refractivity contribution in [1.82, 2.24) is 9.97 Å². The minimum absolute atomic E-state index is 0.0978. The SMILES string of the molecule is O=Cc1nc(Cl)c2ccc(Br)cc2n1. The fraction of sp³-hybridized carbons (Fsp3) is 0. The predicted molar refractivity (Wildman–Crippen MR) is 57.6 cm³/mol. The molecule has 0 aliphatic heterocycles. The minimum atomic E-state index is 0.0978. The molecule has 0 spiro atoms. The van der Waals surface area contributed by atoms with E-state index in [1.807, 2.05) is 6.07 Å². The van der Waals surface area contributed by atoms with E-state index in [0.717, 1.165) is 9.86 Å².